The molecule has 0 aliphatic carbocycles. The van der Waals surface area contributed by atoms with Crippen LogP contribution in [0.2, 0.25) is 0 Å². The zero-order valence-electron chi connectivity index (χ0n) is 11.9. The Morgan fingerprint density at radius 1 is 1.47 bits per heavy atom. The SMILES string of the molecule is CC(C)C1CCCN(C(=O)Cn2cc(N)cn2)CC1. The van der Waals surface area contributed by atoms with Gasteiger partial charge in [-0.15, -0.1) is 0 Å². The third-order valence-corrected chi connectivity index (χ3v) is 4.02. The molecule has 1 atom stereocenters. The van der Waals surface area contributed by atoms with Crippen molar-refractivity contribution < 1.29 is 4.79 Å². The van der Waals surface area contributed by atoms with Crippen molar-refractivity contribution in [2.75, 3.05) is 18.8 Å². The van der Waals surface area contributed by atoms with E-state index >= 15 is 0 Å². The summed E-state index contributed by atoms with van der Waals surface area (Å²) in [5.41, 5.74) is 6.20. The number of amides is 1. The molecule has 1 saturated heterocycles. The second-order valence-electron chi connectivity index (χ2n) is 5.79. The molecule has 0 bridgehead atoms. The fraction of sp³-hybridized carbons (Fsp3) is 0.714. The number of hydrogen-bond acceptors (Lipinski definition) is 3. The fourth-order valence-electron chi connectivity index (χ4n) is 2.74. The van der Waals surface area contributed by atoms with Crippen molar-refractivity contribution in [2.45, 2.75) is 39.7 Å². The second-order valence-corrected chi connectivity index (χ2v) is 5.79. The van der Waals surface area contributed by atoms with Crippen molar-refractivity contribution in [1.29, 1.82) is 0 Å². The minimum absolute atomic E-state index is 0.146. The van der Waals surface area contributed by atoms with Gasteiger partial charge < -0.3 is 10.6 Å². The average molecular weight is 264 g/mol. The van der Waals surface area contributed by atoms with Crippen LogP contribution in [0.4, 0.5) is 5.69 Å². The molecule has 1 amide bonds. The number of anilines is 1. The van der Waals surface area contributed by atoms with Crippen LogP contribution < -0.4 is 5.73 Å². The predicted octanol–water partition coefficient (Wildman–Crippen LogP) is 1.75. The maximum Gasteiger partial charge on any atom is 0.244 e. The molecule has 2 N–H and O–H groups in total. The lowest BCUT2D eigenvalue weighted by atomic mass is 9.89. The number of carbonyl (C=O) groups excluding carboxylic acids is 1. The number of carbonyl (C=O) groups is 1. The van der Waals surface area contributed by atoms with E-state index in [4.69, 9.17) is 5.73 Å². The third kappa shape index (κ3) is 3.72. The molecule has 1 aromatic rings. The van der Waals surface area contributed by atoms with Gasteiger partial charge in [-0.3, -0.25) is 9.48 Å². The monoisotopic (exact) mass is 264 g/mol. The molecule has 5 heteroatoms. The van der Waals surface area contributed by atoms with Gasteiger partial charge >= 0.3 is 0 Å². The molecule has 19 heavy (non-hydrogen) atoms. The zero-order valence-corrected chi connectivity index (χ0v) is 11.9. The van der Waals surface area contributed by atoms with Crippen LogP contribution in [-0.2, 0) is 11.3 Å². The quantitative estimate of drug-likeness (QED) is 0.904. The van der Waals surface area contributed by atoms with Gasteiger partial charge in [0, 0.05) is 19.3 Å². The number of nitrogens with zero attached hydrogens (tertiary/aromatic N) is 3. The van der Waals surface area contributed by atoms with E-state index in [0.29, 0.717) is 18.2 Å². The van der Waals surface area contributed by atoms with E-state index < -0.39 is 0 Å². The average Bonchev–Trinajstić information content (AvgIpc) is 2.65. The van der Waals surface area contributed by atoms with E-state index in [1.165, 1.54) is 6.42 Å². The van der Waals surface area contributed by atoms with Crippen molar-refractivity contribution in [1.82, 2.24) is 14.7 Å². The van der Waals surface area contributed by atoms with Crippen LogP contribution in [0.3, 0.4) is 0 Å². The molecule has 1 unspecified atom stereocenters. The van der Waals surface area contributed by atoms with Crippen LogP contribution in [0.1, 0.15) is 33.1 Å². The molecule has 5 nitrogen and oxygen atoms in total. The van der Waals surface area contributed by atoms with Gasteiger partial charge in [0.2, 0.25) is 5.91 Å². The molecule has 2 rings (SSSR count). The lowest BCUT2D eigenvalue weighted by Crippen LogP contribution is -2.35. The highest BCUT2D eigenvalue weighted by Gasteiger charge is 2.22. The van der Waals surface area contributed by atoms with Crippen molar-refractivity contribution in [2.24, 2.45) is 11.8 Å². The number of rotatable bonds is 3. The van der Waals surface area contributed by atoms with Crippen molar-refractivity contribution in [3.05, 3.63) is 12.4 Å². The first-order chi connectivity index (χ1) is 9.06. The maximum absolute atomic E-state index is 12.2. The van der Waals surface area contributed by atoms with Crippen molar-refractivity contribution in [3.8, 4) is 0 Å². The maximum atomic E-state index is 12.2. The van der Waals surface area contributed by atoms with Crippen LogP contribution in [0.15, 0.2) is 12.4 Å². The summed E-state index contributed by atoms with van der Waals surface area (Å²) in [6.45, 7) is 6.59. The first-order valence-corrected chi connectivity index (χ1v) is 7.12. The minimum atomic E-state index is 0.146. The lowest BCUT2D eigenvalue weighted by Gasteiger charge is -2.21. The Kier molecular flexibility index (Phi) is 4.45. The molecule has 0 spiro atoms. The van der Waals surface area contributed by atoms with Crippen molar-refractivity contribution >= 4 is 11.6 Å². The Labute approximate surface area is 114 Å². The van der Waals surface area contributed by atoms with E-state index in [9.17, 15) is 4.79 Å². The lowest BCUT2D eigenvalue weighted by molar-refractivity contribution is -0.132. The van der Waals surface area contributed by atoms with Crippen LogP contribution in [0.5, 0.6) is 0 Å². The third-order valence-electron chi connectivity index (χ3n) is 4.02. The van der Waals surface area contributed by atoms with Gasteiger partial charge in [0.15, 0.2) is 0 Å². The van der Waals surface area contributed by atoms with Gasteiger partial charge in [-0.2, -0.15) is 5.10 Å². The standard InChI is InChI=1S/C14H24N4O/c1-11(2)12-4-3-6-17(7-5-12)14(19)10-18-9-13(15)8-16-18/h8-9,11-12H,3-7,10,15H2,1-2H3. The first-order valence-electron chi connectivity index (χ1n) is 7.12. The highest BCUT2D eigenvalue weighted by molar-refractivity contribution is 5.76. The largest absolute Gasteiger partial charge is 0.396 e. The Morgan fingerprint density at radius 3 is 2.89 bits per heavy atom. The molecule has 0 radical (unpaired) electrons. The van der Waals surface area contributed by atoms with E-state index in [-0.39, 0.29) is 5.91 Å². The van der Waals surface area contributed by atoms with Crippen LogP contribution >= 0.6 is 0 Å². The summed E-state index contributed by atoms with van der Waals surface area (Å²) in [6, 6.07) is 0. The van der Waals surface area contributed by atoms with Crippen LogP contribution in [0.25, 0.3) is 0 Å². The van der Waals surface area contributed by atoms with Gasteiger partial charge in [-0.05, 0) is 31.1 Å². The summed E-state index contributed by atoms with van der Waals surface area (Å²) < 4.78 is 1.61. The number of likely N-dealkylation sites (tertiary alicyclic amines) is 1. The van der Waals surface area contributed by atoms with Crippen LogP contribution in [0, 0.1) is 11.8 Å². The van der Waals surface area contributed by atoms with E-state index in [2.05, 4.69) is 18.9 Å². The summed E-state index contributed by atoms with van der Waals surface area (Å²) in [4.78, 5) is 14.2. The van der Waals surface area contributed by atoms with Gasteiger partial charge in [0.1, 0.15) is 6.54 Å². The summed E-state index contributed by atoms with van der Waals surface area (Å²) in [5.74, 6) is 1.60. The highest BCUT2D eigenvalue weighted by Crippen LogP contribution is 2.24. The van der Waals surface area contributed by atoms with Gasteiger partial charge in [0.05, 0.1) is 11.9 Å². The minimum Gasteiger partial charge on any atom is -0.396 e. The molecule has 106 valence electrons. The van der Waals surface area contributed by atoms with E-state index in [0.717, 1.165) is 31.8 Å². The Bertz CT molecular complexity index is 427. The van der Waals surface area contributed by atoms with E-state index in [1.54, 1.807) is 17.1 Å². The van der Waals surface area contributed by atoms with Gasteiger partial charge in [-0.1, -0.05) is 13.8 Å². The predicted molar refractivity (Wildman–Crippen MR) is 75.4 cm³/mol. The number of hydrogen-bond donors (Lipinski definition) is 1. The van der Waals surface area contributed by atoms with E-state index in [1.807, 2.05) is 4.90 Å². The first kappa shape index (κ1) is 13.9. The van der Waals surface area contributed by atoms with Crippen LogP contribution in [-0.4, -0.2) is 33.7 Å². The number of nitrogens with two attached hydrogens (primary N) is 1. The molecule has 0 aromatic carbocycles. The Morgan fingerprint density at radius 2 is 2.26 bits per heavy atom. The topological polar surface area (TPSA) is 64.2 Å². The van der Waals surface area contributed by atoms with Crippen molar-refractivity contribution in [3.63, 3.8) is 0 Å². The smallest absolute Gasteiger partial charge is 0.244 e. The Balaban J connectivity index is 1.89. The van der Waals surface area contributed by atoms with Gasteiger partial charge in [0.25, 0.3) is 0 Å². The molecular formula is C14H24N4O. The van der Waals surface area contributed by atoms with Gasteiger partial charge in [-0.25, -0.2) is 0 Å². The normalized spacial score (nSPS) is 20.6. The zero-order chi connectivity index (χ0) is 13.8. The molecule has 2 heterocycles. The molecular weight excluding hydrogens is 240 g/mol. The number of aromatic nitrogens is 2. The molecule has 0 saturated carbocycles. The Hall–Kier alpha value is -1.52. The second kappa shape index (κ2) is 6.08. The summed E-state index contributed by atoms with van der Waals surface area (Å²) >= 11 is 0. The summed E-state index contributed by atoms with van der Waals surface area (Å²) in [7, 11) is 0. The molecule has 1 aliphatic heterocycles. The molecule has 1 aromatic heterocycles. The molecule has 1 fully saturated rings. The highest BCUT2D eigenvalue weighted by atomic mass is 16.2. The number of nitrogen functional groups attached to an aromatic ring is 1. The fourth-order valence-corrected chi connectivity index (χ4v) is 2.74. The summed E-state index contributed by atoms with van der Waals surface area (Å²) in [6.07, 6.45) is 6.73. The molecule has 1 aliphatic rings. The summed E-state index contributed by atoms with van der Waals surface area (Å²) in [5, 5.41) is 4.06.